The average Bonchev–Trinajstić information content (AvgIpc) is 2.61. The van der Waals surface area contributed by atoms with E-state index in [0.29, 0.717) is 23.7 Å². The topological polar surface area (TPSA) is 56.8 Å². The van der Waals surface area contributed by atoms with E-state index in [4.69, 9.17) is 21.1 Å². The average molecular weight is 386 g/mol. The number of carbonyl (C=O) groups excluding carboxylic acids is 1. The monoisotopic (exact) mass is 385 g/mol. The summed E-state index contributed by atoms with van der Waals surface area (Å²) in [5, 5.41) is 3.24. The second-order valence-electron chi connectivity index (χ2n) is 5.21. The number of hydrogen-bond acceptors (Lipinski definition) is 4. The lowest BCUT2D eigenvalue weighted by molar-refractivity contribution is -0.123. The van der Waals surface area contributed by atoms with Crippen molar-refractivity contribution in [3.05, 3.63) is 53.1 Å². The third-order valence-electron chi connectivity index (χ3n) is 3.35. The number of halogens is 3. The first kappa shape index (κ1) is 19.8. The highest BCUT2D eigenvalue weighted by molar-refractivity contribution is 6.30. The third kappa shape index (κ3) is 6.40. The summed E-state index contributed by atoms with van der Waals surface area (Å²) in [6, 6.07) is 11.4. The van der Waals surface area contributed by atoms with Crippen LogP contribution in [-0.4, -0.2) is 32.8 Å². The second-order valence-corrected chi connectivity index (χ2v) is 5.65. The Bertz CT molecular complexity index is 743. The van der Waals surface area contributed by atoms with Crippen LogP contribution in [0.15, 0.2) is 42.5 Å². The maximum absolute atomic E-state index is 12.3. The zero-order chi connectivity index (χ0) is 18.9. The molecule has 5 nitrogen and oxygen atoms in total. The Balaban J connectivity index is 1.78. The molecule has 0 heterocycles. The first-order valence-corrected chi connectivity index (χ1v) is 8.12. The molecule has 0 atom stereocenters. The molecule has 2 aromatic rings. The van der Waals surface area contributed by atoms with E-state index in [1.54, 1.807) is 36.4 Å². The molecule has 140 valence electrons. The quantitative estimate of drug-likeness (QED) is 0.715. The predicted octanol–water partition coefficient (Wildman–Crippen LogP) is 3.69. The van der Waals surface area contributed by atoms with Crippen LogP contribution in [0.5, 0.6) is 17.2 Å². The molecule has 0 aliphatic rings. The number of rotatable bonds is 9. The highest BCUT2D eigenvalue weighted by atomic mass is 35.5. The molecule has 0 fully saturated rings. The van der Waals surface area contributed by atoms with Crippen LogP contribution in [0.25, 0.3) is 0 Å². The van der Waals surface area contributed by atoms with E-state index in [2.05, 4.69) is 10.1 Å². The molecule has 0 bridgehead atoms. The van der Waals surface area contributed by atoms with Crippen LogP contribution in [0.3, 0.4) is 0 Å². The maximum atomic E-state index is 12.3. The zero-order valence-electron chi connectivity index (χ0n) is 14.0. The van der Waals surface area contributed by atoms with Crippen LogP contribution in [0.2, 0.25) is 5.02 Å². The van der Waals surface area contributed by atoms with E-state index in [1.807, 2.05) is 0 Å². The number of methoxy groups -OCH3 is 1. The summed E-state index contributed by atoms with van der Waals surface area (Å²) in [6.07, 6.45) is 0.494. The van der Waals surface area contributed by atoms with Crippen molar-refractivity contribution >= 4 is 17.5 Å². The van der Waals surface area contributed by atoms with Crippen LogP contribution in [-0.2, 0) is 11.2 Å². The lowest BCUT2D eigenvalue weighted by Gasteiger charge is -2.12. The zero-order valence-corrected chi connectivity index (χ0v) is 14.8. The summed E-state index contributed by atoms with van der Waals surface area (Å²) >= 11 is 5.83. The van der Waals surface area contributed by atoms with Gasteiger partial charge in [0.25, 0.3) is 5.91 Å². The second kappa shape index (κ2) is 9.82. The summed E-state index contributed by atoms with van der Waals surface area (Å²) in [6.45, 7) is -2.70. The fourth-order valence-electron chi connectivity index (χ4n) is 2.16. The van der Waals surface area contributed by atoms with Gasteiger partial charge in [-0.15, -0.1) is 0 Å². The summed E-state index contributed by atoms with van der Waals surface area (Å²) in [7, 11) is 1.37. The smallest absolute Gasteiger partial charge is 0.387 e. The van der Waals surface area contributed by atoms with E-state index in [0.717, 1.165) is 5.56 Å². The molecule has 0 saturated heterocycles. The Hall–Kier alpha value is -2.54. The number of amides is 1. The minimum Gasteiger partial charge on any atom is -0.493 e. The molecule has 1 amide bonds. The molecule has 0 aromatic heterocycles. The van der Waals surface area contributed by atoms with E-state index < -0.39 is 6.61 Å². The molecule has 2 rings (SSSR count). The molecular formula is C18H18ClF2NO4. The van der Waals surface area contributed by atoms with Gasteiger partial charge in [0.05, 0.1) is 7.11 Å². The van der Waals surface area contributed by atoms with Gasteiger partial charge in [-0.3, -0.25) is 4.79 Å². The molecule has 0 saturated carbocycles. The Labute approximate surface area is 154 Å². The molecule has 1 N–H and O–H groups in total. The van der Waals surface area contributed by atoms with Crippen molar-refractivity contribution in [1.82, 2.24) is 5.32 Å². The number of nitrogens with one attached hydrogen (secondary N) is 1. The van der Waals surface area contributed by atoms with E-state index in [-0.39, 0.29) is 24.0 Å². The lowest BCUT2D eigenvalue weighted by atomic mass is 10.1. The number of alkyl halides is 2. The molecule has 26 heavy (non-hydrogen) atoms. The summed E-state index contributed by atoms with van der Waals surface area (Å²) in [4.78, 5) is 11.8. The van der Waals surface area contributed by atoms with Crippen molar-refractivity contribution in [3.63, 3.8) is 0 Å². The summed E-state index contributed by atoms with van der Waals surface area (Å²) in [5.74, 6) is 0.394. The van der Waals surface area contributed by atoms with Gasteiger partial charge in [0.2, 0.25) is 0 Å². The minimum atomic E-state index is -2.92. The van der Waals surface area contributed by atoms with Gasteiger partial charge in [-0.25, -0.2) is 0 Å². The van der Waals surface area contributed by atoms with Crippen LogP contribution in [0, 0.1) is 0 Å². The standard InChI is InChI=1S/C18H18ClF2NO4/c1-24-16-9-12(5-6-15(16)26-18(20)21)7-8-22-17(23)11-25-14-4-2-3-13(19)10-14/h2-6,9-10,18H,7-8,11H2,1H3,(H,22,23). The Kier molecular flexibility index (Phi) is 7.47. The van der Waals surface area contributed by atoms with Crippen molar-refractivity contribution in [3.8, 4) is 17.2 Å². The molecule has 0 aliphatic carbocycles. The lowest BCUT2D eigenvalue weighted by Crippen LogP contribution is -2.30. The fourth-order valence-corrected chi connectivity index (χ4v) is 2.34. The molecule has 0 aliphatic heterocycles. The van der Waals surface area contributed by atoms with Gasteiger partial charge in [-0.1, -0.05) is 23.7 Å². The first-order valence-electron chi connectivity index (χ1n) is 7.74. The van der Waals surface area contributed by atoms with Gasteiger partial charge < -0.3 is 19.5 Å². The van der Waals surface area contributed by atoms with Crippen molar-refractivity contribution in [2.45, 2.75) is 13.0 Å². The van der Waals surface area contributed by atoms with Crippen molar-refractivity contribution in [2.24, 2.45) is 0 Å². The number of carbonyl (C=O) groups is 1. The Morgan fingerprint density at radius 1 is 1.19 bits per heavy atom. The van der Waals surface area contributed by atoms with Crippen molar-refractivity contribution in [2.75, 3.05) is 20.3 Å². The van der Waals surface area contributed by atoms with Crippen molar-refractivity contribution in [1.29, 1.82) is 0 Å². The van der Waals surface area contributed by atoms with Crippen molar-refractivity contribution < 1.29 is 27.8 Å². The summed E-state index contributed by atoms with van der Waals surface area (Å²) < 4.78 is 39.3. The maximum Gasteiger partial charge on any atom is 0.387 e. The third-order valence-corrected chi connectivity index (χ3v) is 3.58. The van der Waals surface area contributed by atoms with Gasteiger partial charge in [-0.2, -0.15) is 8.78 Å². The normalized spacial score (nSPS) is 10.5. The molecule has 8 heteroatoms. The number of benzene rings is 2. The van der Waals surface area contributed by atoms with Gasteiger partial charge >= 0.3 is 6.61 Å². The number of ether oxygens (including phenoxy) is 3. The molecular weight excluding hydrogens is 368 g/mol. The van der Waals surface area contributed by atoms with Crippen LogP contribution >= 0.6 is 11.6 Å². The van der Waals surface area contributed by atoms with E-state index in [1.165, 1.54) is 13.2 Å². The fraction of sp³-hybridized carbons (Fsp3) is 0.278. The SMILES string of the molecule is COc1cc(CCNC(=O)COc2cccc(Cl)c2)ccc1OC(F)F. The van der Waals surface area contributed by atoms with Crippen LogP contribution < -0.4 is 19.5 Å². The van der Waals surface area contributed by atoms with Crippen LogP contribution in [0.1, 0.15) is 5.56 Å². The highest BCUT2D eigenvalue weighted by Crippen LogP contribution is 2.29. The number of hydrogen-bond donors (Lipinski definition) is 1. The summed E-state index contributed by atoms with van der Waals surface area (Å²) in [5.41, 5.74) is 0.805. The van der Waals surface area contributed by atoms with E-state index in [9.17, 15) is 13.6 Å². The highest BCUT2D eigenvalue weighted by Gasteiger charge is 2.11. The van der Waals surface area contributed by atoms with Gasteiger partial charge in [-0.05, 0) is 42.3 Å². The molecule has 0 radical (unpaired) electrons. The molecule has 0 spiro atoms. The van der Waals surface area contributed by atoms with Gasteiger partial charge in [0, 0.05) is 11.6 Å². The molecule has 0 unspecified atom stereocenters. The predicted molar refractivity (Wildman–Crippen MR) is 93.3 cm³/mol. The van der Waals surface area contributed by atoms with Gasteiger partial charge in [0.15, 0.2) is 18.1 Å². The molecule has 2 aromatic carbocycles. The van der Waals surface area contributed by atoms with E-state index >= 15 is 0 Å². The minimum absolute atomic E-state index is 0.0368. The van der Waals surface area contributed by atoms with Crippen LogP contribution in [0.4, 0.5) is 8.78 Å². The van der Waals surface area contributed by atoms with Gasteiger partial charge in [0.1, 0.15) is 5.75 Å². The first-order chi connectivity index (χ1) is 12.5. The Morgan fingerprint density at radius 3 is 2.69 bits per heavy atom. The largest absolute Gasteiger partial charge is 0.493 e. The Morgan fingerprint density at radius 2 is 2.00 bits per heavy atom.